The summed E-state index contributed by atoms with van der Waals surface area (Å²) in [4.78, 5) is 19.6. The van der Waals surface area contributed by atoms with Crippen LogP contribution in [0.1, 0.15) is 26.1 Å². The first-order chi connectivity index (χ1) is 9.40. The quantitative estimate of drug-likeness (QED) is 0.796. The molecule has 0 fully saturated rings. The standard InChI is InChI=1S/C13H17ClN4OS/c1-8-13(20-9(2)16-8)12(19)11-10(14)7-15-18(11)6-5-17(3)4/h7H,5-6H2,1-4H3. The zero-order valence-corrected chi connectivity index (χ0v) is 13.5. The first-order valence-corrected chi connectivity index (χ1v) is 7.44. The molecule has 2 aromatic heterocycles. The Bertz CT molecular complexity index is 632. The normalized spacial score (nSPS) is 11.3. The van der Waals surface area contributed by atoms with Crippen molar-refractivity contribution < 1.29 is 4.79 Å². The number of rotatable bonds is 5. The summed E-state index contributed by atoms with van der Waals surface area (Å²) in [6.45, 7) is 5.14. The smallest absolute Gasteiger partial charge is 0.224 e. The summed E-state index contributed by atoms with van der Waals surface area (Å²) in [5.41, 5.74) is 1.19. The largest absolute Gasteiger partial charge is 0.308 e. The molecule has 0 aliphatic carbocycles. The maximum absolute atomic E-state index is 12.6. The van der Waals surface area contributed by atoms with Gasteiger partial charge in [0.15, 0.2) is 0 Å². The van der Waals surface area contributed by atoms with Crippen LogP contribution in [-0.2, 0) is 6.54 Å². The zero-order valence-electron chi connectivity index (χ0n) is 12.0. The zero-order chi connectivity index (χ0) is 14.9. The average molecular weight is 313 g/mol. The molecule has 7 heteroatoms. The van der Waals surface area contributed by atoms with E-state index >= 15 is 0 Å². The Hall–Kier alpha value is -1.24. The first kappa shape index (κ1) is 15.2. The molecule has 0 N–H and O–H groups in total. The summed E-state index contributed by atoms with van der Waals surface area (Å²) >= 11 is 7.52. The van der Waals surface area contributed by atoms with Crippen LogP contribution in [0.2, 0.25) is 5.02 Å². The molecule has 0 bridgehead atoms. The van der Waals surface area contributed by atoms with Crippen LogP contribution in [0.4, 0.5) is 0 Å². The van der Waals surface area contributed by atoms with Gasteiger partial charge in [-0.05, 0) is 27.9 Å². The fraction of sp³-hybridized carbons (Fsp3) is 0.462. The van der Waals surface area contributed by atoms with Crippen molar-refractivity contribution in [3.05, 3.63) is 32.5 Å². The monoisotopic (exact) mass is 312 g/mol. The van der Waals surface area contributed by atoms with Gasteiger partial charge in [0, 0.05) is 6.54 Å². The molecular weight excluding hydrogens is 296 g/mol. The Morgan fingerprint density at radius 2 is 2.15 bits per heavy atom. The predicted octanol–water partition coefficient (Wildman–Crippen LogP) is 2.40. The highest BCUT2D eigenvalue weighted by atomic mass is 35.5. The number of aryl methyl sites for hydroxylation is 2. The van der Waals surface area contributed by atoms with Gasteiger partial charge in [-0.2, -0.15) is 5.10 Å². The summed E-state index contributed by atoms with van der Waals surface area (Å²) in [7, 11) is 3.95. The van der Waals surface area contributed by atoms with Crippen LogP contribution in [0.15, 0.2) is 6.20 Å². The number of nitrogens with zero attached hydrogens (tertiary/aromatic N) is 4. The number of carbonyl (C=O) groups is 1. The highest BCUT2D eigenvalue weighted by molar-refractivity contribution is 7.14. The second-order valence-electron chi connectivity index (χ2n) is 4.84. The van der Waals surface area contributed by atoms with Crippen LogP contribution in [0.3, 0.4) is 0 Å². The molecule has 0 spiro atoms. The van der Waals surface area contributed by atoms with Crippen molar-refractivity contribution in [3.63, 3.8) is 0 Å². The first-order valence-electron chi connectivity index (χ1n) is 6.25. The molecule has 2 rings (SSSR count). The SMILES string of the molecule is Cc1nc(C)c(C(=O)c2c(Cl)cnn2CCN(C)C)s1. The highest BCUT2D eigenvalue weighted by Crippen LogP contribution is 2.25. The van der Waals surface area contributed by atoms with Gasteiger partial charge < -0.3 is 4.90 Å². The number of hydrogen-bond acceptors (Lipinski definition) is 5. The minimum atomic E-state index is -0.102. The van der Waals surface area contributed by atoms with Crippen LogP contribution in [0.25, 0.3) is 0 Å². The lowest BCUT2D eigenvalue weighted by Gasteiger charge is -2.11. The molecule has 0 aliphatic rings. The highest BCUT2D eigenvalue weighted by Gasteiger charge is 2.23. The van der Waals surface area contributed by atoms with Gasteiger partial charge in [0.2, 0.25) is 5.78 Å². The van der Waals surface area contributed by atoms with Gasteiger partial charge in [0.05, 0.1) is 33.3 Å². The van der Waals surface area contributed by atoms with E-state index in [0.29, 0.717) is 22.1 Å². The third kappa shape index (κ3) is 3.08. The lowest BCUT2D eigenvalue weighted by atomic mass is 10.2. The van der Waals surface area contributed by atoms with Crippen molar-refractivity contribution in [1.82, 2.24) is 19.7 Å². The number of likely N-dealkylation sites (N-methyl/N-ethyl adjacent to an activating group) is 1. The van der Waals surface area contributed by atoms with Gasteiger partial charge in [0.25, 0.3) is 0 Å². The van der Waals surface area contributed by atoms with Gasteiger partial charge in [-0.25, -0.2) is 4.98 Å². The minimum absolute atomic E-state index is 0.102. The number of halogens is 1. The molecule has 0 atom stereocenters. The maximum atomic E-state index is 12.6. The van der Waals surface area contributed by atoms with E-state index in [-0.39, 0.29) is 5.78 Å². The van der Waals surface area contributed by atoms with Crippen LogP contribution in [0.5, 0.6) is 0 Å². The summed E-state index contributed by atoms with van der Waals surface area (Å²) in [6.07, 6.45) is 1.52. The molecule has 0 amide bonds. The Morgan fingerprint density at radius 1 is 1.45 bits per heavy atom. The van der Waals surface area contributed by atoms with Crippen molar-refractivity contribution >= 4 is 28.7 Å². The van der Waals surface area contributed by atoms with Crippen LogP contribution < -0.4 is 0 Å². The number of ketones is 1. The molecule has 0 unspecified atom stereocenters. The van der Waals surface area contributed by atoms with E-state index in [0.717, 1.165) is 17.2 Å². The third-order valence-corrected chi connectivity index (χ3v) is 4.23. The van der Waals surface area contributed by atoms with E-state index in [9.17, 15) is 4.79 Å². The van der Waals surface area contributed by atoms with Gasteiger partial charge in [0.1, 0.15) is 5.69 Å². The molecule has 0 saturated carbocycles. The lowest BCUT2D eigenvalue weighted by molar-refractivity contribution is 0.103. The second-order valence-corrected chi connectivity index (χ2v) is 6.45. The summed E-state index contributed by atoms with van der Waals surface area (Å²) < 4.78 is 1.67. The number of carbonyl (C=O) groups excluding carboxylic acids is 1. The van der Waals surface area contributed by atoms with E-state index in [1.54, 1.807) is 4.68 Å². The Labute approximate surface area is 127 Å². The van der Waals surface area contributed by atoms with Crippen molar-refractivity contribution in [1.29, 1.82) is 0 Å². The molecule has 108 valence electrons. The van der Waals surface area contributed by atoms with Gasteiger partial charge >= 0.3 is 0 Å². The van der Waals surface area contributed by atoms with E-state index in [2.05, 4.69) is 10.1 Å². The van der Waals surface area contributed by atoms with Crippen molar-refractivity contribution in [2.24, 2.45) is 0 Å². The molecular formula is C13H17ClN4OS. The summed E-state index contributed by atoms with van der Waals surface area (Å²) in [5, 5.41) is 5.46. The van der Waals surface area contributed by atoms with Crippen LogP contribution in [0, 0.1) is 13.8 Å². The van der Waals surface area contributed by atoms with E-state index in [1.165, 1.54) is 17.5 Å². The van der Waals surface area contributed by atoms with Crippen molar-refractivity contribution in [3.8, 4) is 0 Å². The molecule has 0 saturated heterocycles. The molecule has 0 aliphatic heterocycles. The molecule has 20 heavy (non-hydrogen) atoms. The van der Waals surface area contributed by atoms with Crippen molar-refractivity contribution in [2.45, 2.75) is 20.4 Å². The predicted molar refractivity (Wildman–Crippen MR) is 80.8 cm³/mol. The number of thiazole rings is 1. The van der Waals surface area contributed by atoms with E-state index < -0.39 is 0 Å². The molecule has 0 aromatic carbocycles. The fourth-order valence-electron chi connectivity index (χ4n) is 1.90. The van der Waals surface area contributed by atoms with Crippen LogP contribution in [-0.4, -0.2) is 46.1 Å². The lowest BCUT2D eigenvalue weighted by Crippen LogP contribution is -2.21. The topological polar surface area (TPSA) is 51.0 Å². The molecule has 5 nitrogen and oxygen atoms in total. The van der Waals surface area contributed by atoms with Gasteiger partial charge in [-0.3, -0.25) is 9.48 Å². The van der Waals surface area contributed by atoms with Gasteiger partial charge in [-0.1, -0.05) is 11.6 Å². The minimum Gasteiger partial charge on any atom is -0.308 e. The van der Waals surface area contributed by atoms with Crippen LogP contribution >= 0.6 is 22.9 Å². The number of hydrogen-bond donors (Lipinski definition) is 0. The average Bonchev–Trinajstić information content (AvgIpc) is 2.89. The molecule has 2 aromatic rings. The maximum Gasteiger partial charge on any atom is 0.224 e. The second kappa shape index (κ2) is 6.03. The van der Waals surface area contributed by atoms with E-state index in [4.69, 9.17) is 11.6 Å². The van der Waals surface area contributed by atoms with E-state index in [1.807, 2.05) is 32.8 Å². The summed E-state index contributed by atoms with van der Waals surface area (Å²) in [5.74, 6) is -0.102. The molecule has 0 radical (unpaired) electrons. The van der Waals surface area contributed by atoms with Gasteiger partial charge in [-0.15, -0.1) is 11.3 Å². The van der Waals surface area contributed by atoms with Crippen molar-refractivity contribution in [2.75, 3.05) is 20.6 Å². The Morgan fingerprint density at radius 3 is 2.70 bits per heavy atom. The Balaban J connectivity index is 2.34. The molecule has 2 heterocycles. The fourth-order valence-corrected chi connectivity index (χ4v) is 2.99. The Kier molecular flexibility index (Phi) is 4.57. The summed E-state index contributed by atoms with van der Waals surface area (Å²) in [6, 6.07) is 0. The third-order valence-electron chi connectivity index (χ3n) is 2.88. The number of aromatic nitrogens is 3.